The van der Waals surface area contributed by atoms with Crippen molar-refractivity contribution >= 4 is 15.9 Å². The molecule has 1 N–H and O–H groups in total. The van der Waals surface area contributed by atoms with Crippen molar-refractivity contribution < 1.29 is 13.2 Å². The Labute approximate surface area is 129 Å². The summed E-state index contributed by atoms with van der Waals surface area (Å²) >= 11 is 3.38. The first-order chi connectivity index (χ1) is 9.82. The molecule has 1 aromatic carbocycles. The second kappa shape index (κ2) is 6.15. The Kier molecular flexibility index (Phi) is 4.68. The van der Waals surface area contributed by atoms with E-state index >= 15 is 0 Å². The lowest BCUT2D eigenvalue weighted by molar-refractivity contribution is -0.138. The fraction of sp³-hybridized carbons (Fsp3) is 0.267. The topological polar surface area (TPSA) is 24.9 Å². The number of alkyl halides is 3. The number of hydrogen-bond acceptors (Lipinski definition) is 2. The molecule has 1 aromatic heterocycles. The lowest BCUT2D eigenvalue weighted by Crippen LogP contribution is -2.22. The number of pyridine rings is 1. The van der Waals surface area contributed by atoms with Crippen molar-refractivity contribution in [2.24, 2.45) is 0 Å². The Morgan fingerprint density at radius 2 is 1.95 bits per heavy atom. The van der Waals surface area contributed by atoms with Crippen LogP contribution in [0.3, 0.4) is 0 Å². The second-order valence-corrected chi connectivity index (χ2v) is 5.66. The van der Waals surface area contributed by atoms with E-state index < -0.39 is 17.8 Å². The highest BCUT2D eigenvalue weighted by molar-refractivity contribution is 9.10. The first-order valence-corrected chi connectivity index (χ1v) is 7.07. The van der Waals surface area contributed by atoms with Gasteiger partial charge in [0.15, 0.2) is 0 Å². The molecule has 112 valence electrons. The second-order valence-electron chi connectivity index (χ2n) is 4.74. The number of halogens is 4. The number of aryl methyl sites for hydroxylation is 1. The molecule has 0 saturated carbocycles. The SMILES string of the molecule is CNC(c1cc(C)cc(Br)c1)c1cnccc1C(F)(F)F. The van der Waals surface area contributed by atoms with Gasteiger partial charge in [-0.25, -0.2) is 0 Å². The molecular weight excluding hydrogens is 345 g/mol. The molecule has 0 radical (unpaired) electrons. The fourth-order valence-corrected chi connectivity index (χ4v) is 2.95. The summed E-state index contributed by atoms with van der Waals surface area (Å²) in [5.41, 5.74) is 1.17. The molecule has 2 rings (SSSR count). The Morgan fingerprint density at radius 1 is 1.24 bits per heavy atom. The van der Waals surface area contributed by atoms with Crippen molar-refractivity contribution in [1.82, 2.24) is 10.3 Å². The van der Waals surface area contributed by atoms with Crippen LogP contribution in [-0.2, 0) is 6.18 Å². The van der Waals surface area contributed by atoms with Gasteiger partial charge in [0.2, 0.25) is 0 Å². The van der Waals surface area contributed by atoms with Gasteiger partial charge in [0.1, 0.15) is 0 Å². The van der Waals surface area contributed by atoms with Gasteiger partial charge in [0, 0.05) is 22.4 Å². The quantitative estimate of drug-likeness (QED) is 0.874. The first kappa shape index (κ1) is 16.0. The number of nitrogens with zero attached hydrogens (tertiary/aromatic N) is 1. The summed E-state index contributed by atoms with van der Waals surface area (Å²) in [4.78, 5) is 3.85. The Balaban J connectivity index is 2.57. The minimum absolute atomic E-state index is 0.116. The standard InChI is InChI=1S/C15H14BrF3N2/c1-9-5-10(7-11(16)6-9)14(20-2)12-8-21-4-3-13(12)15(17,18)19/h3-8,14,20H,1-2H3. The summed E-state index contributed by atoms with van der Waals surface area (Å²) in [6.45, 7) is 1.90. The summed E-state index contributed by atoms with van der Waals surface area (Å²) in [6.07, 6.45) is -1.99. The molecule has 0 saturated heterocycles. The van der Waals surface area contributed by atoms with Gasteiger partial charge in [-0.3, -0.25) is 4.98 Å². The van der Waals surface area contributed by atoms with E-state index in [4.69, 9.17) is 0 Å². The maximum absolute atomic E-state index is 13.2. The molecule has 0 bridgehead atoms. The summed E-state index contributed by atoms with van der Waals surface area (Å²) in [6, 6.07) is 6.00. The third-order valence-corrected chi connectivity index (χ3v) is 3.61. The molecule has 0 fully saturated rings. The van der Waals surface area contributed by atoms with Crippen molar-refractivity contribution in [3.8, 4) is 0 Å². The fourth-order valence-electron chi connectivity index (χ4n) is 2.33. The van der Waals surface area contributed by atoms with Gasteiger partial charge >= 0.3 is 6.18 Å². The molecule has 0 aliphatic carbocycles. The molecule has 0 aliphatic heterocycles. The highest BCUT2D eigenvalue weighted by atomic mass is 79.9. The van der Waals surface area contributed by atoms with Gasteiger partial charge in [0.25, 0.3) is 0 Å². The number of aromatic nitrogens is 1. The zero-order valence-corrected chi connectivity index (χ0v) is 13.1. The van der Waals surface area contributed by atoms with Crippen molar-refractivity contribution in [2.45, 2.75) is 19.1 Å². The van der Waals surface area contributed by atoms with Crippen LogP contribution in [0.1, 0.15) is 28.3 Å². The number of rotatable bonds is 3. The lowest BCUT2D eigenvalue weighted by Gasteiger charge is -2.22. The number of nitrogens with one attached hydrogen (secondary N) is 1. The molecule has 1 atom stereocenters. The Morgan fingerprint density at radius 3 is 2.52 bits per heavy atom. The van der Waals surface area contributed by atoms with Crippen molar-refractivity contribution in [3.05, 3.63) is 63.4 Å². The van der Waals surface area contributed by atoms with Crippen LogP contribution in [0.15, 0.2) is 41.1 Å². The van der Waals surface area contributed by atoms with Crippen molar-refractivity contribution in [2.75, 3.05) is 7.05 Å². The number of hydrogen-bond donors (Lipinski definition) is 1. The molecule has 0 amide bonds. The van der Waals surface area contributed by atoms with Crippen LogP contribution in [-0.4, -0.2) is 12.0 Å². The Bertz CT molecular complexity index is 621. The average molecular weight is 359 g/mol. The van der Waals surface area contributed by atoms with E-state index in [-0.39, 0.29) is 5.56 Å². The smallest absolute Gasteiger partial charge is 0.309 e. The van der Waals surface area contributed by atoms with Crippen LogP contribution in [0, 0.1) is 6.92 Å². The average Bonchev–Trinajstić information content (AvgIpc) is 2.38. The van der Waals surface area contributed by atoms with Crippen molar-refractivity contribution in [1.29, 1.82) is 0 Å². The molecule has 2 nitrogen and oxygen atoms in total. The van der Waals surface area contributed by atoms with Crippen LogP contribution in [0.25, 0.3) is 0 Å². The summed E-state index contributed by atoms with van der Waals surface area (Å²) in [5, 5.41) is 2.94. The molecule has 1 heterocycles. The van der Waals surface area contributed by atoms with Gasteiger partial charge in [-0.05, 0) is 43.3 Å². The predicted molar refractivity (Wildman–Crippen MR) is 79.0 cm³/mol. The Hall–Kier alpha value is -1.40. The predicted octanol–water partition coefficient (Wildman–Crippen LogP) is 4.48. The zero-order valence-electron chi connectivity index (χ0n) is 11.5. The normalized spacial score (nSPS) is 13.2. The highest BCUT2D eigenvalue weighted by Crippen LogP contribution is 2.36. The van der Waals surface area contributed by atoms with Crippen LogP contribution in [0.2, 0.25) is 0 Å². The molecule has 0 aliphatic rings. The van der Waals surface area contributed by atoms with E-state index in [9.17, 15) is 13.2 Å². The lowest BCUT2D eigenvalue weighted by atomic mass is 9.95. The van der Waals surface area contributed by atoms with Crippen LogP contribution >= 0.6 is 15.9 Å². The summed E-state index contributed by atoms with van der Waals surface area (Å²) < 4.78 is 40.3. The molecule has 6 heteroatoms. The van der Waals surface area contributed by atoms with E-state index in [1.54, 1.807) is 13.1 Å². The van der Waals surface area contributed by atoms with E-state index in [0.717, 1.165) is 27.9 Å². The van der Waals surface area contributed by atoms with Gasteiger partial charge in [-0.1, -0.05) is 22.0 Å². The van der Waals surface area contributed by atoms with Gasteiger partial charge in [0.05, 0.1) is 11.6 Å². The maximum Gasteiger partial charge on any atom is 0.416 e. The summed E-state index contributed by atoms with van der Waals surface area (Å²) in [5.74, 6) is 0. The van der Waals surface area contributed by atoms with Gasteiger partial charge < -0.3 is 5.32 Å². The van der Waals surface area contributed by atoms with E-state index in [2.05, 4.69) is 26.2 Å². The molecule has 21 heavy (non-hydrogen) atoms. The third kappa shape index (κ3) is 3.63. The molecule has 2 aromatic rings. The van der Waals surface area contributed by atoms with Gasteiger partial charge in [-0.2, -0.15) is 13.2 Å². The van der Waals surface area contributed by atoms with Crippen LogP contribution in [0.5, 0.6) is 0 Å². The first-order valence-electron chi connectivity index (χ1n) is 6.28. The van der Waals surface area contributed by atoms with E-state index in [1.165, 1.54) is 6.20 Å². The van der Waals surface area contributed by atoms with E-state index in [0.29, 0.717) is 0 Å². The minimum atomic E-state index is -4.41. The van der Waals surface area contributed by atoms with Crippen LogP contribution < -0.4 is 5.32 Å². The maximum atomic E-state index is 13.2. The zero-order chi connectivity index (χ0) is 15.6. The molecule has 0 spiro atoms. The molecular formula is C15H14BrF3N2. The number of benzene rings is 1. The summed E-state index contributed by atoms with van der Waals surface area (Å²) in [7, 11) is 1.63. The largest absolute Gasteiger partial charge is 0.416 e. The monoisotopic (exact) mass is 358 g/mol. The minimum Gasteiger partial charge on any atom is -0.309 e. The molecule has 1 unspecified atom stereocenters. The van der Waals surface area contributed by atoms with E-state index in [1.807, 2.05) is 19.1 Å². The van der Waals surface area contributed by atoms with Crippen molar-refractivity contribution in [3.63, 3.8) is 0 Å². The highest BCUT2D eigenvalue weighted by Gasteiger charge is 2.35. The van der Waals surface area contributed by atoms with Gasteiger partial charge in [-0.15, -0.1) is 0 Å². The third-order valence-electron chi connectivity index (χ3n) is 3.15. The van der Waals surface area contributed by atoms with Crippen LogP contribution in [0.4, 0.5) is 13.2 Å².